The van der Waals surface area contributed by atoms with Crippen LogP contribution in [0.3, 0.4) is 0 Å². The summed E-state index contributed by atoms with van der Waals surface area (Å²) in [6.07, 6.45) is 3.06. The summed E-state index contributed by atoms with van der Waals surface area (Å²) in [5.41, 5.74) is 9.35. The maximum atomic E-state index is 6.17. The van der Waals surface area contributed by atoms with E-state index in [4.69, 9.17) is 5.73 Å². The van der Waals surface area contributed by atoms with E-state index < -0.39 is 0 Å². The molecule has 0 bridgehead atoms. The molecule has 0 amide bonds. The lowest BCUT2D eigenvalue weighted by molar-refractivity contribution is 0.692. The standard InChI is InChI=1S/C17H26N4/c1-4-8-15-16(18)17(21(3)20-15)19-12-11-13(2)14-9-6-5-7-10-14/h5-7,9-10,13,19H,4,8,11-12,18H2,1-3H3. The molecule has 2 aromatic rings. The fourth-order valence-electron chi connectivity index (χ4n) is 2.58. The van der Waals surface area contributed by atoms with E-state index in [9.17, 15) is 0 Å². The van der Waals surface area contributed by atoms with Gasteiger partial charge in [0.05, 0.1) is 11.4 Å². The topological polar surface area (TPSA) is 55.9 Å². The fraction of sp³-hybridized carbons (Fsp3) is 0.471. The Morgan fingerprint density at radius 2 is 2.00 bits per heavy atom. The Balaban J connectivity index is 1.92. The molecule has 4 nitrogen and oxygen atoms in total. The molecule has 0 spiro atoms. The molecule has 1 aromatic heterocycles. The van der Waals surface area contributed by atoms with Crippen molar-refractivity contribution in [1.82, 2.24) is 9.78 Å². The van der Waals surface area contributed by atoms with Crippen LogP contribution in [0.1, 0.15) is 43.9 Å². The summed E-state index contributed by atoms with van der Waals surface area (Å²) in [5, 5.41) is 7.92. The number of aromatic nitrogens is 2. The third kappa shape index (κ3) is 3.78. The van der Waals surface area contributed by atoms with E-state index in [0.717, 1.165) is 43.0 Å². The van der Waals surface area contributed by atoms with Crippen molar-refractivity contribution in [2.45, 2.75) is 39.0 Å². The van der Waals surface area contributed by atoms with E-state index in [-0.39, 0.29) is 0 Å². The molecule has 2 rings (SSSR count). The lowest BCUT2D eigenvalue weighted by Gasteiger charge is -2.13. The molecule has 1 heterocycles. The summed E-state index contributed by atoms with van der Waals surface area (Å²) in [5.74, 6) is 1.47. The van der Waals surface area contributed by atoms with Crippen LogP contribution in [0, 0.1) is 0 Å². The zero-order valence-corrected chi connectivity index (χ0v) is 13.3. The minimum Gasteiger partial charge on any atom is -0.394 e. The first-order valence-electron chi connectivity index (χ1n) is 7.73. The Labute approximate surface area is 127 Å². The Hall–Kier alpha value is -1.97. The molecule has 1 unspecified atom stereocenters. The Kier molecular flexibility index (Phi) is 5.26. The molecule has 0 aliphatic carbocycles. The molecule has 114 valence electrons. The highest BCUT2D eigenvalue weighted by molar-refractivity contribution is 5.65. The van der Waals surface area contributed by atoms with E-state index in [1.165, 1.54) is 5.56 Å². The third-order valence-electron chi connectivity index (χ3n) is 3.89. The van der Waals surface area contributed by atoms with Gasteiger partial charge in [-0.15, -0.1) is 0 Å². The quantitative estimate of drug-likeness (QED) is 0.818. The fourth-order valence-corrected chi connectivity index (χ4v) is 2.58. The highest BCUT2D eigenvalue weighted by atomic mass is 15.3. The second-order valence-corrected chi connectivity index (χ2v) is 5.61. The molecule has 1 atom stereocenters. The second kappa shape index (κ2) is 7.16. The molecule has 0 saturated heterocycles. The molecule has 21 heavy (non-hydrogen) atoms. The van der Waals surface area contributed by atoms with Gasteiger partial charge in [0.1, 0.15) is 5.82 Å². The van der Waals surface area contributed by atoms with Crippen molar-refractivity contribution >= 4 is 11.5 Å². The summed E-state index contributed by atoms with van der Waals surface area (Å²) in [6, 6.07) is 10.6. The maximum absolute atomic E-state index is 6.17. The van der Waals surface area contributed by atoms with E-state index in [1.54, 1.807) is 0 Å². The summed E-state index contributed by atoms with van der Waals surface area (Å²) in [7, 11) is 1.94. The lowest BCUT2D eigenvalue weighted by Crippen LogP contribution is -2.10. The maximum Gasteiger partial charge on any atom is 0.147 e. The smallest absolute Gasteiger partial charge is 0.147 e. The number of nitrogens with two attached hydrogens (primary N) is 1. The van der Waals surface area contributed by atoms with Gasteiger partial charge in [0, 0.05) is 13.6 Å². The molecule has 0 radical (unpaired) electrons. The third-order valence-corrected chi connectivity index (χ3v) is 3.89. The minimum absolute atomic E-state index is 0.531. The van der Waals surface area contributed by atoms with Crippen LogP contribution >= 0.6 is 0 Å². The van der Waals surface area contributed by atoms with E-state index in [1.807, 2.05) is 11.7 Å². The van der Waals surface area contributed by atoms with E-state index >= 15 is 0 Å². The molecular formula is C17H26N4. The highest BCUT2D eigenvalue weighted by Gasteiger charge is 2.12. The lowest BCUT2D eigenvalue weighted by atomic mass is 9.98. The molecule has 0 aliphatic heterocycles. The molecule has 3 N–H and O–H groups in total. The predicted octanol–water partition coefficient (Wildman–Crippen LogP) is 3.56. The van der Waals surface area contributed by atoms with Gasteiger partial charge < -0.3 is 11.1 Å². The zero-order chi connectivity index (χ0) is 15.2. The van der Waals surface area contributed by atoms with Gasteiger partial charge >= 0.3 is 0 Å². The largest absolute Gasteiger partial charge is 0.394 e. The Bertz CT molecular complexity index is 560. The normalized spacial score (nSPS) is 12.3. The number of aryl methyl sites for hydroxylation is 2. The van der Waals surface area contributed by atoms with E-state index in [2.05, 4.69) is 54.6 Å². The van der Waals surface area contributed by atoms with Gasteiger partial charge in [-0.2, -0.15) is 5.10 Å². The van der Waals surface area contributed by atoms with Crippen molar-refractivity contribution < 1.29 is 0 Å². The van der Waals surface area contributed by atoms with Crippen LogP contribution in [0.25, 0.3) is 0 Å². The van der Waals surface area contributed by atoms with Crippen molar-refractivity contribution in [3.05, 3.63) is 41.6 Å². The van der Waals surface area contributed by atoms with Crippen LogP contribution < -0.4 is 11.1 Å². The first-order valence-corrected chi connectivity index (χ1v) is 7.73. The van der Waals surface area contributed by atoms with Gasteiger partial charge in [0.2, 0.25) is 0 Å². The van der Waals surface area contributed by atoms with Crippen molar-refractivity contribution in [1.29, 1.82) is 0 Å². The van der Waals surface area contributed by atoms with Crippen LogP contribution in [0.5, 0.6) is 0 Å². The van der Waals surface area contributed by atoms with Crippen LogP contribution in [-0.2, 0) is 13.5 Å². The average molecular weight is 286 g/mol. The zero-order valence-electron chi connectivity index (χ0n) is 13.3. The molecule has 4 heteroatoms. The predicted molar refractivity (Wildman–Crippen MR) is 89.6 cm³/mol. The van der Waals surface area contributed by atoms with Gasteiger partial charge in [-0.3, -0.25) is 4.68 Å². The monoisotopic (exact) mass is 286 g/mol. The summed E-state index contributed by atoms with van der Waals surface area (Å²) in [6.45, 7) is 5.29. The Morgan fingerprint density at radius 1 is 1.29 bits per heavy atom. The van der Waals surface area contributed by atoms with Crippen LogP contribution in [0.4, 0.5) is 11.5 Å². The van der Waals surface area contributed by atoms with Gasteiger partial charge in [0.25, 0.3) is 0 Å². The number of hydrogen-bond acceptors (Lipinski definition) is 3. The average Bonchev–Trinajstić information content (AvgIpc) is 2.76. The number of nitrogens with one attached hydrogen (secondary N) is 1. The summed E-state index contributed by atoms with van der Waals surface area (Å²) in [4.78, 5) is 0. The van der Waals surface area contributed by atoms with Crippen molar-refractivity contribution in [2.24, 2.45) is 7.05 Å². The molecule has 0 fully saturated rings. The van der Waals surface area contributed by atoms with Gasteiger partial charge in [-0.25, -0.2) is 0 Å². The first kappa shape index (κ1) is 15.4. The number of benzene rings is 1. The van der Waals surface area contributed by atoms with Crippen molar-refractivity contribution in [3.8, 4) is 0 Å². The highest BCUT2D eigenvalue weighted by Crippen LogP contribution is 2.24. The number of hydrogen-bond donors (Lipinski definition) is 2. The van der Waals surface area contributed by atoms with Crippen molar-refractivity contribution in [2.75, 3.05) is 17.6 Å². The van der Waals surface area contributed by atoms with Crippen LogP contribution in [0.2, 0.25) is 0 Å². The second-order valence-electron chi connectivity index (χ2n) is 5.61. The molecule has 1 aromatic carbocycles. The summed E-state index contributed by atoms with van der Waals surface area (Å²) < 4.78 is 1.85. The Morgan fingerprint density at radius 3 is 2.67 bits per heavy atom. The summed E-state index contributed by atoms with van der Waals surface area (Å²) >= 11 is 0. The number of rotatable bonds is 7. The molecule has 0 saturated carbocycles. The van der Waals surface area contributed by atoms with E-state index in [0.29, 0.717) is 5.92 Å². The van der Waals surface area contributed by atoms with Gasteiger partial charge in [-0.05, 0) is 24.3 Å². The van der Waals surface area contributed by atoms with Gasteiger partial charge in [-0.1, -0.05) is 50.6 Å². The number of nitrogens with zero attached hydrogens (tertiary/aromatic N) is 2. The minimum atomic E-state index is 0.531. The molecule has 0 aliphatic rings. The SMILES string of the molecule is CCCc1nn(C)c(NCCC(C)c2ccccc2)c1N. The number of nitrogen functional groups attached to an aromatic ring is 1. The van der Waals surface area contributed by atoms with Gasteiger partial charge in [0.15, 0.2) is 0 Å². The molecular weight excluding hydrogens is 260 g/mol. The van der Waals surface area contributed by atoms with Crippen LogP contribution in [-0.4, -0.2) is 16.3 Å². The van der Waals surface area contributed by atoms with Crippen molar-refractivity contribution in [3.63, 3.8) is 0 Å². The number of anilines is 2. The van der Waals surface area contributed by atoms with Crippen LogP contribution in [0.15, 0.2) is 30.3 Å². The first-order chi connectivity index (χ1) is 10.1.